The lowest BCUT2D eigenvalue weighted by molar-refractivity contribution is 0.0527. The zero-order valence-corrected chi connectivity index (χ0v) is 15.4. The quantitative estimate of drug-likeness (QED) is 0.898. The maximum absolute atomic E-state index is 5.46. The summed E-state index contributed by atoms with van der Waals surface area (Å²) in [6, 6.07) is 0.139. The van der Waals surface area contributed by atoms with E-state index in [1.165, 1.54) is 11.1 Å². The molecular formula is C18H23N5OS. The van der Waals surface area contributed by atoms with E-state index >= 15 is 0 Å². The fourth-order valence-corrected chi connectivity index (χ4v) is 3.91. The summed E-state index contributed by atoms with van der Waals surface area (Å²) in [5.74, 6) is 2.10. The van der Waals surface area contributed by atoms with Crippen LogP contribution in [0, 0.1) is 0 Å². The van der Waals surface area contributed by atoms with Gasteiger partial charge in [-0.05, 0) is 31.6 Å². The number of hydrogen-bond acceptors (Lipinski definition) is 7. The molecule has 1 fully saturated rings. The van der Waals surface area contributed by atoms with Gasteiger partial charge >= 0.3 is 0 Å². The molecule has 0 amide bonds. The van der Waals surface area contributed by atoms with E-state index in [1.54, 1.807) is 11.3 Å². The second-order valence-corrected chi connectivity index (χ2v) is 7.32. The Labute approximate surface area is 152 Å². The molecule has 132 valence electrons. The topological polar surface area (TPSA) is 53.0 Å². The molecule has 1 atom stereocenters. The minimum absolute atomic E-state index is 0.139. The molecule has 4 heterocycles. The fourth-order valence-electron chi connectivity index (χ4n) is 3.29. The molecule has 0 spiro atoms. The number of aliphatic imine (C=N–C) groups is 1. The van der Waals surface area contributed by atoms with E-state index in [2.05, 4.69) is 52.3 Å². The van der Waals surface area contributed by atoms with Gasteiger partial charge in [-0.1, -0.05) is 0 Å². The van der Waals surface area contributed by atoms with Crippen molar-refractivity contribution in [3.05, 3.63) is 46.9 Å². The minimum atomic E-state index is 0.139. The number of thiazole rings is 1. The van der Waals surface area contributed by atoms with Gasteiger partial charge in [0.25, 0.3) is 0 Å². The number of ether oxygens (including phenoxy) is 1. The van der Waals surface area contributed by atoms with Crippen molar-refractivity contribution >= 4 is 22.3 Å². The fraction of sp³-hybridized carbons (Fsp3) is 0.444. The first-order valence-electron chi connectivity index (χ1n) is 8.65. The molecule has 3 aliphatic rings. The van der Waals surface area contributed by atoms with E-state index in [0.29, 0.717) is 0 Å². The molecule has 1 N–H and O–H groups in total. The minimum Gasteiger partial charge on any atom is -0.378 e. The molecule has 25 heavy (non-hydrogen) atoms. The Morgan fingerprint density at radius 2 is 2.16 bits per heavy atom. The summed E-state index contributed by atoms with van der Waals surface area (Å²) in [7, 11) is 0. The first kappa shape index (κ1) is 16.4. The lowest BCUT2D eigenvalue weighted by Crippen LogP contribution is -2.41. The van der Waals surface area contributed by atoms with E-state index in [1.807, 2.05) is 11.6 Å². The van der Waals surface area contributed by atoms with E-state index in [-0.39, 0.29) is 6.04 Å². The van der Waals surface area contributed by atoms with Crippen LogP contribution in [0.4, 0.5) is 5.13 Å². The molecular weight excluding hydrogens is 334 g/mol. The lowest BCUT2D eigenvalue weighted by Gasteiger charge is -2.36. The molecule has 0 saturated carbocycles. The van der Waals surface area contributed by atoms with Crippen molar-refractivity contribution in [2.45, 2.75) is 19.9 Å². The van der Waals surface area contributed by atoms with Crippen molar-refractivity contribution in [1.29, 1.82) is 0 Å². The molecule has 1 aromatic rings. The van der Waals surface area contributed by atoms with Crippen molar-refractivity contribution in [2.24, 2.45) is 4.99 Å². The highest BCUT2D eigenvalue weighted by atomic mass is 32.1. The summed E-state index contributed by atoms with van der Waals surface area (Å²) in [6.45, 7) is 8.51. The number of anilines is 1. The van der Waals surface area contributed by atoms with Crippen molar-refractivity contribution < 1.29 is 4.74 Å². The van der Waals surface area contributed by atoms with Crippen LogP contribution in [-0.2, 0) is 4.74 Å². The number of amidine groups is 1. The van der Waals surface area contributed by atoms with Gasteiger partial charge in [-0.2, -0.15) is 0 Å². The van der Waals surface area contributed by atoms with Gasteiger partial charge < -0.3 is 19.9 Å². The van der Waals surface area contributed by atoms with Gasteiger partial charge in [0.05, 0.1) is 19.3 Å². The second kappa shape index (κ2) is 7.01. The highest BCUT2D eigenvalue weighted by Gasteiger charge is 2.27. The van der Waals surface area contributed by atoms with Crippen molar-refractivity contribution in [1.82, 2.24) is 14.8 Å². The van der Waals surface area contributed by atoms with Crippen molar-refractivity contribution in [3.8, 4) is 0 Å². The number of hydrogen-bond donors (Lipinski definition) is 1. The summed E-state index contributed by atoms with van der Waals surface area (Å²) in [5.41, 5.74) is 2.44. The Balaban J connectivity index is 1.59. The summed E-state index contributed by atoms with van der Waals surface area (Å²) >= 11 is 1.62. The zero-order chi connectivity index (χ0) is 17.2. The van der Waals surface area contributed by atoms with E-state index < -0.39 is 0 Å². The Morgan fingerprint density at radius 1 is 1.32 bits per heavy atom. The molecule has 1 unspecified atom stereocenters. The first-order valence-corrected chi connectivity index (χ1v) is 9.53. The van der Waals surface area contributed by atoms with Gasteiger partial charge in [0.15, 0.2) is 5.13 Å². The third-order valence-corrected chi connectivity index (χ3v) is 5.24. The van der Waals surface area contributed by atoms with Crippen LogP contribution in [-0.4, -0.2) is 59.5 Å². The van der Waals surface area contributed by atoms with Gasteiger partial charge in [-0.25, -0.2) is 9.98 Å². The van der Waals surface area contributed by atoms with Gasteiger partial charge in [0.2, 0.25) is 0 Å². The Hall–Kier alpha value is -2.12. The summed E-state index contributed by atoms with van der Waals surface area (Å²) in [6.07, 6.45) is 8.43. The van der Waals surface area contributed by atoms with Crippen LogP contribution >= 0.6 is 11.3 Å². The van der Waals surface area contributed by atoms with E-state index in [4.69, 9.17) is 9.73 Å². The Bertz CT molecular complexity index is 744. The van der Waals surface area contributed by atoms with Crippen molar-refractivity contribution in [2.75, 3.05) is 38.2 Å². The van der Waals surface area contributed by atoms with E-state index in [0.717, 1.165) is 49.6 Å². The van der Waals surface area contributed by atoms with Crippen LogP contribution in [0.2, 0.25) is 0 Å². The van der Waals surface area contributed by atoms with E-state index in [9.17, 15) is 0 Å². The highest BCUT2D eigenvalue weighted by molar-refractivity contribution is 7.13. The third kappa shape index (κ3) is 3.48. The summed E-state index contributed by atoms with van der Waals surface area (Å²) in [4.78, 5) is 13.9. The second-order valence-electron chi connectivity index (χ2n) is 6.43. The maximum atomic E-state index is 5.46. The zero-order valence-electron chi connectivity index (χ0n) is 14.6. The van der Waals surface area contributed by atoms with Crippen molar-refractivity contribution in [3.63, 3.8) is 0 Å². The molecule has 0 radical (unpaired) electrons. The number of morpholine rings is 1. The van der Waals surface area contributed by atoms with Crippen LogP contribution in [0.25, 0.3) is 0 Å². The van der Waals surface area contributed by atoms with Gasteiger partial charge in [0.1, 0.15) is 11.7 Å². The smallest absolute Gasteiger partial charge is 0.183 e. The maximum Gasteiger partial charge on any atom is 0.183 e. The monoisotopic (exact) mass is 357 g/mol. The molecule has 1 saturated heterocycles. The SMILES string of the molecule is CC1=CN2CC=C(N3CCOCC3)N=C2C(C(C)Nc2nccs2)=C1. The number of nitrogens with zero attached hydrogens (tertiary/aromatic N) is 4. The summed E-state index contributed by atoms with van der Waals surface area (Å²) in [5, 5.41) is 6.41. The first-order chi connectivity index (χ1) is 12.2. The molecule has 1 aromatic heterocycles. The number of aromatic nitrogens is 1. The average molecular weight is 357 g/mol. The average Bonchev–Trinajstić information content (AvgIpc) is 3.14. The largest absolute Gasteiger partial charge is 0.378 e. The number of allylic oxidation sites excluding steroid dienone is 2. The normalized spacial score (nSPS) is 21.7. The number of nitrogens with one attached hydrogen (secondary N) is 1. The standard InChI is InChI=1S/C18H23N5OS/c1-13-11-15(14(2)20-18-19-4-10-25-18)17-21-16(3-5-23(17)12-13)22-6-8-24-9-7-22/h3-4,10-12,14H,5-9H2,1-2H3,(H,19,20). The molecule has 0 bridgehead atoms. The Kier molecular flexibility index (Phi) is 4.59. The molecule has 3 aliphatic heterocycles. The third-order valence-electron chi connectivity index (χ3n) is 4.54. The van der Waals surface area contributed by atoms with Crippen LogP contribution in [0.15, 0.2) is 51.9 Å². The molecule has 4 rings (SSSR count). The van der Waals surface area contributed by atoms with Crippen LogP contribution in [0.1, 0.15) is 13.8 Å². The molecule has 7 heteroatoms. The molecule has 0 aromatic carbocycles. The molecule has 6 nitrogen and oxygen atoms in total. The molecule has 0 aliphatic carbocycles. The van der Waals surface area contributed by atoms with Crippen LogP contribution < -0.4 is 5.32 Å². The predicted octanol–water partition coefficient (Wildman–Crippen LogP) is 2.67. The number of rotatable bonds is 4. The van der Waals surface area contributed by atoms with Crippen LogP contribution in [0.5, 0.6) is 0 Å². The Morgan fingerprint density at radius 3 is 2.92 bits per heavy atom. The van der Waals surface area contributed by atoms with Gasteiger partial charge in [0, 0.05) is 43.0 Å². The predicted molar refractivity (Wildman–Crippen MR) is 102 cm³/mol. The lowest BCUT2D eigenvalue weighted by atomic mass is 10.00. The van der Waals surface area contributed by atoms with Gasteiger partial charge in [-0.3, -0.25) is 0 Å². The highest BCUT2D eigenvalue weighted by Crippen LogP contribution is 2.26. The van der Waals surface area contributed by atoms with Crippen LogP contribution in [0.3, 0.4) is 0 Å². The van der Waals surface area contributed by atoms with Gasteiger partial charge in [-0.15, -0.1) is 11.3 Å². The summed E-state index contributed by atoms with van der Waals surface area (Å²) < 4.78 is 5.46. The number of fused-ring (bicyclic) bond motifs is 1.